The lowest BCUT2D eigenvalue weighted by molar-refractivity contribution is 0.101. The van der Waals surface area contributed by atoms with E-state index in [1.807, 2.05) is 17.7 Å². The Hall–Kier alpha value is -1.33. The molecule has 2 aromatic rings. The van der Waals surface area contributed by atoms with Crippen molar-refractivity contribution in [2.45, 2.75) is 13.5 Å². The van der Waals surface area contributed by atoms with Crippen LogP contribution in [0.4, 0.5) is 5.82 Å². The van der Waals surface area contributed by atoms with Crippen molar-refractivity contribution in [3.05, 3.63) is 45.8 Å². The minimum Gasteiger partial charge on any atom is -0.343 e. The van der Waals surface area contributed by atoms with Crippen LogP contribution in [-0.2, 0) is 6.54 Å². The molecule has 0 aliphatic heterocycles. The fourth-order valence-corrected chi connectivity index (χ4v) is 2.13. The Morgan fingerprint density at radius 3 is 2.94 bits per heavy atom. The van der Waals surface area contributed by atoms with E-state index < -0.39 is 0 Å². The Labute approximate surface area is 118 Å². The van der Waals surface area contributed by atoms with Crippen molar-refractivity contribution in [3.63, 3.8) is 0 Å². The first-order chi connectivity index (χ1) is 8.60. The molecule has 0 saturated carbocycles. The fraction of sp³-hybridized carbons (Fsp3) is 0.167. The van der Waals surface area contributed by atoms with Crippen molar-refractivity contribution >= 4 is 39.3 Å². The number of pyridine rings is 1. The summed E-state index contributed by atoms with van der Waals surface area (Å²) in [7, 11) is 0. The standard InChI is InChI=1S/C12H11BrClN3O/c1-2-17-7-8(13)5-10(17)12(18)16-11-4-3-9(14)6-15-11/h3-7H,2H2,1H3,(H,15,16,18). The zero-order valence-corrected chi connectivity index (χ0v) is 12.0. The summed E-state index contributed by atoms with van der Waals surface area (Å²) in [5.74, 6) is 0.279. The van der Waals surface area contributed by atoms with E-state index in [0.29, 0.717) is 16.5 Å². The maximum atomic E-state index is 12.1. The third-order valence-corrected chi connectivity index (χ3v) is 3.06. The number of nitrogens with one attached hydrogen (secondary N) is 1. The molecule has 0 saturated heterocycles. The SMILES string of the molecule is CCn1cc(Br)cc1C(=O)Nc1ccc(Cl)cn1. The van der Waals surface area contributed by atoms with Gasteiger partial charge in [-0.1, -0.05) is 11.6 Å². The molecule has 94 valence electrons. The van der Waals surface area contributed by atoms with Crippen LogP contribution in [-0.4, -0.2) is 15.5 Å². The van der Waals surface area contributed by atoms with Gasteiger partial charge >= 0.3 is 0 Å². The molecule has 0 unspecified atom stereocenters. The monoisotopic (exact) mass is 327 g/mol. The Kier molecular flexibility index (Phi) is 4.04. The van der Waals surface area contributed by atoms with Gasteiger partial charge in [-0.25, -0.2) is 4.98 Å². The zero-order valence-electron chi connectivity index (χ0n) is 9.65. The van der Waals surface area contributed by atoms with Crippen LogP contribution < -0.4 is 5.32 Å². The van der Waals surface area contributed by atoms with E-state index in [1.54, 1.807) is 18.2 Å². The highest BCUT2D eigenvalue weighted by molar-refractivity contribution is 9.10. The van der Waals surface area contributed by atoms with Gasteiger partial charge in [-0.2, -0.15) is 0 Å². The molecule has 0 radical (unpaired) electrons. The summed E-state index contributed by atoms with van der Waals surface area (Å²) in [5.41, 5.74) is 0.584. The van der Waals surface area contributed by atoms with Crippen molar-refractivity contribution in [3.8, 4) is 0 Å². The number of aromatic nitrogens is 2. The second-order valence-electron chi connectivity index (χ2n) is 3.65. The number of hydrogen-bond donors (Lipinski definition) is 1. The predicted octanol–water partition coefficient (Wildman–Crippen LogP) is 3.57. The van der Waals surface area contributed by atoms with Crippen LogP contribution >= 0.6 is 27.5 Å². The number of hydrogen-bond acceptors (Lipinski definition) is 2. The Morgan fingerprint density at radius 2 is 2.33 bits per heavy atom. The lowest BCUT2D eigenvalue weighted by Gasteiger charge is -2.06. The van der Waals surface area contributed by atoms with Crippen LogP contribution in [0, 0.1) is 0 Å². The number of aryl methyl sites for hydroxylation is 1. The number of amides is 1. The summed E-state index contributed by atoms with van der Waals surface area (Å²) in [6.07, 6.45) is 3.36. The van der Waals surface area contributed by atoms with E-state index in [0.717, 1.165) is 11.0 Å². The maximum Gasteiger partial charge on any atom is 0.273 e. The summed E-state index contributed by atoms with van der Waals surface area (Å²) in [4.78, 5) is 16.1. The molecule has 2 aromatic heterocycles. The van der Waals surface area contributed by atoms with E-state index >= 15 is 0 Å². The molecule has 0 spiro atoms. The summed E-state index contributed by atoms with van der Waals surface area (Å²) in [6.45, 7) is 2.70. The van der Waals surface area contributed by atoms with E-state index in [-0.39, 0.29) is 5.91 Å². The molecule has 2 heterocycles. The highest BCUT2D eigenvalue weighted by atomic mass is 79.9. The van der Waals surface area contributed by atoms with E-state index in [1.165, 1.54) is 6.20 Å². The van der Waals surface area contributed by atoms with Gasteiger partial charge in [0.25, 0.3) is 5.91 Å². The van der Waals surface area contributed by atoms with Crippen LogP contribution in [0.15, 0.2) is 35.1 Å². The minimum absolute atomic E-state index is 0.197. The predicted molar refractivity (Wildman–Crippen MR) is 75.0 cm³/mol. The van der Waals surface area contributed by atoms with Crippen molar-refractivity contribution in [2.75, 3.05) is 5.32 Å². The van der Waals surface area contributed by atoms with Crippen molar-refractivity contribution in [1.29, 1.82) is 0 Å². The van der Waals surface area contributed by atoms with Crippen LogP contribution in [0.2, 0.25) is 5.02 Å². The molecule has 1 N–H and O–H groups in total. The number of carbonyl (C=O) groups is 1. The van der Waals surface area contributed by atoms with Gasteiger partial charge in [0.15, 0.2) is 0 Å². The summed E-state index contributed by atoms with van der Waals surface area (Å²) in [6, 6.07) is 5.11. The van der Waals surface area contributed by atoms with Gasteiger partial charge in [0.05, 0.1) is 5.02 Å². The smallest absolute Gasteiger partial charge is 0.273 e. The number of nitrogens with zero attached hydrogens (tertiary/aromatic N) is 2. The average molecular weight is 329 g/mol. The first-order valence-electron chi connectivity index (χ1n) is 5.38. The summed E-state index contributed by atoms with van der Waals surface area (Å²) >= 11 is 9.08. The van der Waals surface area contributed by atoms with E-state index in [4.69, 9.17) is 11.6 Å². The lowest BCUT2D eigenvalue weighted by atomic mass is 10.4. The molecule has 4 nitrogen and oxygen atoms in total. The normalized spacial score (nSPS) is 10.4. The molecular weight excluding hydrogens is 318 g/mol. The topological polar surface area (TPSA) is 46.9 Å². The van der Waals surface area contributed by atoms with Gasteiger partial charge < -0.3 is 9.88 Å². The first-order valence-corrected chi connectivity index (χ1v) is 6.56. The molecular formula is C12H11BrClN3O. The van der Waals surface area contributed by atoms with Gasteiger partial charge in [-0.15, -0.1) is 0 Å². The van der Waals surface area contributed by atoms with Gasteiger partial charge in [0, 0.05) is 23.4 Å². The number of halogens is 2. The maximum absolute atomic E-state index is 12.1. The summed E-state index contributed by atoms with van der Waals surface area (Å²) in [5, 5.41) is 3.26. The molecule has 0 aromatic carbocycles. The third kappa shape index (κ3) is 2.91. The van der Waals surface area contributed by atoms with Crippen LogP contribution in [0.3, 0.4) is 0 Å². The van der Waals surface area contributed by atoms with Crippen molar-refractivity contribution in [1.82, 2.24) is 9.55 Å². The molecule has 0 aliphatic carbocycles. The molecule has 0 bridgehead atoms. The molecule has 0 aliphatic rings. The molecule has 2 rings (SSSR count). The highest BCUT2D eigenvalue weighted by Gasteiger charge is 2.12. The minimum atomic E-state index is -0.197. The van der Waals surface area contributed by atoms with Crippen LogP contribution in [0.5, 0.6) is 0 Å². The number of rotatable bonds is 3. The molecule has 0 fully saturated rings. The van der Waals surface area contributed by atoms with Gasteiger partial charge in [-0.05, 0) is 41.1 Å². The number of carbonyl (C=O) groups excluding carboxylic acids is 1. The molecule has 1 amide bonds. The highest BCUT2D eigenvalue weighted by Crippen LogP contribution is 2.16. The van der Waals surface area contributed by atoms with E-state index in [2.05, 4.69) is 26.2 Å². The van der Waals surface area contributed by atoms with Crippen molar-refractivity contribution < 1.29 is 4.79 Å². The van der Waals surface area contributed by atoms with Gasteiger partial charge in [0.2, 0.25) is 0 Å². The Bertz CT molecular complexity index is 565. The van der Waals surface area contributed by atoms with Crippen LogP contribution in [0.1, 0.15) is 17.4 Å². The zero-order chi connectivity index (χ0) is 13.1. The van der Waals surface area contributed by atoms with E-state index in [9.17, 15) is 4.79 Å². The second kappa shape index (κ2) is 5.54. The largest absolute Gasteiger partial charge is 0.343 e. The Morgan fingerprint density at radius 1 is 1.56 bits per heavy atom. The average Bonchev–Trinajstić information content (AvgIpc) is 2.73. The van der Waals surface area contributed by atoms with Gasteiger partial charge in [0.1, 0.15) is 11.5 Å². The number of anilines is 1. The summed E-state index contributed by atoms with van der Waals surface area (Å²) < 4.78 is 2.73. The third-order valence-electron chi connectivity index (χ3n) is 2.41. The molecule has 6 heteroatoms. The fourth-order valence-electron chi connectivity index (χ4n) is 1.56. The van der Waals surface area contributed by atoms with Gasteiger partial charge in [-0.3, -0.25) is 4.79 Å². The second-order valence-corrected chi connectivity index (χ2v) is 5.00. The molecule has 0 atom stereocenters. The first kappa shape index (κ1) is 13.1. The van der Waals surface area contributed by atoms with Crippen LogP contribution in [0.25, 0.3) is 0 Å². The Balaban J connectivity index is 2.19. The molecule has 18 heavy (non-hydrogen) atoms. The quantitative estimate of drug-likeness (QED) is 0.936. The lowest BCUT2D eigenvalue weighted by Crippen LogP contribution is -2.16. The van der Waals surface area contributed by atoms with Crippen molar-refractivity contribution in [2.24, 2.45) is 0 Å².